The lowest BCUT2D eigenvalue weighted by molar-refractivity contribution is -0.126. The van der Waals surface area contributed by atoms with Gasteiger partial charge in [0.2, 0.25) is 0 Å². The van der Waals surface area contributed by atoms with Crippen LogP contribution < -0.4 is 5.32 Å². The van der Waals surface area contributed by atoms with Gasteiger partial charge in [0.1, 0.15) is 0 Å². The first-order valence-corrected chi connectivity index (χ1v) is 6.26. The molecule has 0 aromatic heterocycles. The number of nitrogens with one attached hydrogen (secondary N) is 1. The molecule has 3 heteroatoms. The molecule has 0 aromatic carbocycles. The summed E-state index contributed by atoms with van der Waals surface area (Å²) in [5.74, 6) is 1.04. The van der Waals surface area contributed by atoms with Crippen molar-refractivity contribution in [3.63, 3.8) is 0 Å². The highest BCUT2D eigenvalue weighted by molar-refractivity contribution is 9.09. The predicted octanol–water partition coefficient (Wildman–Crippen LogP) is 2.36. The van der Waals surface area contributed by atoms with Crippen LogP contribution in [0.25, 0.3) is 0 Å². The molecule has 0 amide bonds. The topological polar surface area (TPSA) is 29.1 Å². The zero-order chi connectivity index (χ0) is 10.9. The van der Waals surface area contributed by atoms with Gasteiger partial charge in [-0.25, -0.2) is 0 Å². The molecule has 0 saturated heterocycles. The third-order valence-corrected chi connectivity index (χ3v) is 4.37. The minimum Gasteiger partial charge on any atom is -0.308 e. The zero-order valence-corrected chi connectivity index (χ0v) is 11.0. The molecule has 14 heavy (non-hydrogen) atoms. The summed E-state index contributed by atoms with van der Waals surface area (Å²) < 4.78 is 0. The fraction of sp³-hybridized carbons (Fsp3) is 0.909. The molecule has 0 spiro atoms. The van der Waals surface area contributed by atoms with E-state index >= 15 is 0 Å². The highest BCUT2D eigenvalue weighted by Gasteiger charge is 2.51. The van der Waals surface area contributed by atoms with Crippen LogP contribution in [-0.4, -0.2) is 23.2 Å². The number of halogens is 1. The van der Waals surface area contributed by atoms with Crippen molar-refractivity contribution in [2.24, 2.45) is 11.8 Å². The number of Topliss-reactive ketones (excluding diaryl/α,β-unsaturated/α-hetero) is 1. The largest absolute Gasteiger partial charge is 0.308 e. The van der Waals surface area contributed by atoms with Gasteiger partial charge >= 0.3 is 0 Å². The molecule has 82 valence electrons. The second-order valence-electron chi connectivity index (χ2n) is 4.44. The molecule has 1 aliphatic carbocycles. The lowest BCUT2D eigenvalue weighted by Crippen LogP contribution is -2.51. The summed E-state index contributed by atoms with van der Waals surface area (Å²) in [6.45, 7) is 6.26. The van der Waals surface area contributed by atoms with Gasteiger partial charge < -0.3 is 5.32 Å². The minimum absolute atomic E-state index is 0.248. The summed E-state index contributed by atoms with van der Waals surface area (Å²) in [6.07, 6.45) is 1.98. The van der Waals surface area contributed by atoms with Gasteiger partial charge in [-0.3, -0.25) is 4.79 Å². The molecule has 0 heterocycles. The van der Waals surface area contributed by atoms with E-state index in [0.717, 1.165) is 12.8 Å². The monoisotopic (exact) mass is 261 g/mol. The lowest BCUT2D eigenvalue weighted by atomic mass is 9.86. The predicted molar refractivity (Wildman–Crippen MR) is 62.7 cm³/mol. The SMILES string of the molecule is CCC1C[C@@H]([C@@H](C)Br)C(C)(NC)C1=O. The van der Waals surface area contributed by atoms with E-state index in [4.69, 9.17) is 0 Å². The third kappa shape index (κ3) is 1.76. The van der Waals surface area contributed by atoms with E-state index in [0.29, 0.717) is 16.5 Å². The molecule has 0 bridgehead atoms. The van der Waals surface area contributed by atoms with Crippen molar-refractivity contribution in [2.45, 2.75) is 44.0 Å². The summed E-state index contributed by atoms with van der Waals surface area (Å²) in [5.41, 5.74) is -0.330. The van der Waals surface area contributed by atoms with Crippen molar-refractivity contribution in [3.8, 4) is 0 Å². The number of hydrogen-bond donors (Lipinski definition) is 1. The second kappa shape index (κ2) is 4.31. The Hall–Kier alpha value is 0.110. The van der Waals surface area contributed by atoms with Crippen LogP contribution in [0.3, 0.4) is 0 Å². The first-order valence-electron chi connectivity index (χ1n) is 5.34. The fourth-order valence-corrected chi connectivity index (χ4v) is 3.31. The maximum Gasteiger partial charge on any atom is 0.155 e. The third-order valence-electron chi connectivity index (χ3n) is 3.73. The van der Waals surface area contributed by atoms with Crippen molar-refractivity contribution in [2.75, 3.05) is 7.05 Å². The number of hydrogen-bond acceptors (Lipinski definition) is 2. The van der Waals surface area contributed by atoms with E-state index in [9.17, 15) is 4.79 Å². The molecular formula is C11H20BrNO. The zero-order valence-electron chi connectivity index (χ0n) is 9.43. The number of alkyl halides is 1. The van der Waals surface area contributed by atoms with Gasteiger partial charge in [0.25, 0.3) is 0 Å². The van der Waals surface area contributed by atoms with Crippen molar-refractivity contribution in [3.05, 3.63) is 0 Å². The first kappa shape index (κ1) is 12.2. The number of carbonyl (C=O) groups excluding carboxylic acids is 1. The average molecular weight is 262 g/mol. The van der Waals surface area contributed by atoms with Crippen LogP contribution in [0, 0.1) is 11.8 Å². The van der Waals surface area contributed by atoms with E-state index in [1.54, 1.807) is 0 Å². The van der Waals surface area contributed by atoms with Gasteiger partial charge in [-0.15, -0.1) is 0 Å². The van der Waals surface area contributed by atoms with Gasteiger partial charge in [-0.2, -0.15) is 0 Å². The maximum atomic E-state index is 12.1. The number of ketones is 1. The summed E-state index contributed by atoms with van der Waals surface area (Å²) >= 11 is 3.61. The second-order valence-corrected chi connectivity index (χ2v) is 5.89. The average Bonchev–Trinajstić information content (AvgIpc) is 2.41. The molecular weight excluding hydrogens is 242 g/mol. The molecule has 1 fully saturated rings. The molecule has 1 N–H and O–H groups in total. The molecule has 0 radical (unpaired) electrons. The molecule has 4 atom stereocenters. The number of carbonyl (C=O) groups is 1. The summed E-state index contributed by atoms with van der Waals surface area (Å²) in [4.78, 5) is 12.5. The van der Waals surface area contributed by atoms with Gasteiger partial charge in [0, 0.05) is 10.7 Å². The van der Waals surface area contributed by atoms with E-state index in [1.807, 2.05) is 14.0 Å². The van der Waals surface area contributed by atoms with Crippen LogP contribution in [-0.2, 0) is 4.79 Å². The van der Waals surface area contributed by atoms with Gasteiger partial charge in [-0.05, 0) is 32.7 Å². The molecule has 2 nitrogen and oxygen atoms in total. The Morgan fingerprint density at radius 1 is 1.71 bits per heavy atom. The van der Waals surface area contributed by atoms with Crippen LogP contribution in [0.1, 0.15) is 33.6 Å². The molecule has 0 aliphatic heterocycles. The molecule has 1 saturated carbocycles. The Morgan fingerprint density at radius 2 is 2.29 bits per heavy atom. The quantitative estimate of drug-likeness (QED) is 0.791. The summed E-state index contributed by atoms with van der Waals surface area (Å²) in [5, 5.41) is 3.21. The molecule has 1 rings (SSSR count). The van der Waals surface area contributed by atoms with Crippen molar-refractivity contribution in [1.29, 1.82) is 0 Å². The van der Waals surface area contributed by atoms with Crippen LogP contribution in [0.5, 0.6) is 0 Å². The van der Waals surface area contributed by atoms with Crippen molar-refractivity contribution >= 4 is 21.7 Å². The Labute approximate surface area is 95.0 Å². The van der Waals surface area contributed by atoms with Crippen LogP contribution >= 0.6 is 15.9 Å². The highest BCUT2D eigenvalue weighted by atomic mass is 79.9. The van der Waals surface area contributed by atoms with Crippen LogP contribution in [0.2, 0.25) is 0 Å². The maximum absolute atomic E-state index is 12.1. The van der Waals surface area contributed by atoms with Crippen molar-refractivity contribution in [1.82, 2.24) is 5.32 Å². The van der Waals surface area contributed by atoms with E-state index in [2.05, 4.69) is 35.1 Å². The lowest BCUT2D eigenvalue weighted by Gasteiger charge is -2.31. The molecule has 2 unspecified atom stereocenters. The van der Waals surface area contributed by atoms with Crippen LogP contribution in [0.15, 0.2) is 0 Å². The highest BCUT2D eigenvalue weighted by Crippen LogP contribution is 2.41. The van der Waals surface area contributed by atoms with E-state index < -0.39 is 0 Å². The number of likely N-dealkylation sites (N-methyl/N-ethyl adjacent to an activating group) is 1. The Morgan fingerprint density at radius 3 is 2.57 bits per heavy atom. The van der Waals surface area contributed by atoms with Gasteiger partial charge in [0.15, 0.2) is 5.78 Å². The number of rotatable bonds is 3. The standard InChI is InChI=1S/C11H20BrNO/c1-5-8-6-9(7(2)12)11(3,13-4)10(8)14/h7-9,13H,5-6H2,1-4H3/t7-,8?,9+,11?/m1/s1. The van der Waals surface area contributed by atoms with Gasteiger partial charge in [0.05, 0.1) is 5.54 Å². The van der Waals surface area contributed by atoms with E-state index in [1.165, 1.54) is 0 Å². The summed E-state index contributed by atoms with van der Waals surface area (Å²) in [7, 11) is 1.89. The van der Waals surface area contributed by atoms with Crippen LogP contribution in [0.4, 0.5) is 0 Å². The Balaban J connectivity index is 2.93. The Kier molecular flexibility index (Phi) is 3.75. The normalized spacial score (nSPS) is 40.2. The minimum atomic E-state index is -0.330. The first-order chi connectivity index (χ1) is 6.47. The molecule has 1 aliphatic rings. The van der Waals surface area contributed by atoms with Gasteiger partial charge in [-0.1, -0.05) is 29.8 Å². The fourth-order valence-electron chi connectivity index (χ4n) is 2.56. The smallest absolute Gasteiger partial charge is 0.155 e. The Bertz CT molecular complexity index is 229. The van der Waals surface area contributed by atoms with E-state index in [-0.39, 0.29) is 11.5 Å². The van der Waals surface area contributed by atoms with Crippen molar-refractivity contribution < 1.29 is 4.79 Å². The molecule has 0 aromatic rings. The summed E-state index contributed by atoms with van der Waals surface area (Å²) in [6, 6.07) is 0.